The van der Waals surface area contributed by atoms with Crippen LogP contribution in [0.1, 0.15) is 39.5 Å². The van der Waals surface area contributed by atoms with Crippen LogP contribution >= 0.6 is 0 Å². The van der Waals surface area contributed by atoms with Gasteiger partial charge < -0.3 is 14.5 Å². The average Bonchev–Trinajstić information content (AvgIpc) is 2.95. The summed E-state index contributed by atoms with van der Waals surface area (Å²) in [6.07, 6.45) is 3.11. The molecule has 3 rings (SSSR count). The number of ether oxygens (including phenoxy) is 1. The number of carbonyl (C=O) groups is 2. The minimum absolute atomic E-state index is 0.0412. The lowest BCUT2D eigenvalue weighted by atomic mass is 9.91. The molecule has 0 spiro atoms. The summed E-state index contributed by atoms with van der Waals surface area (Å²) in [7, 11) is 0. The first-order valence-electron chi connectivity index (χ1n) is 7.26. The molecule has 0 saturated carbocycles. The monoisotopic (exact) mass is 266 g/mol. The van der Waals surface area contributed by atoms with E-state index < -0.39 is 0 Å². The SMILES string of the molecule is CC1OCCC1(C)N1CCC(=O)N2CCCC2C1=O. The number of rotatable bonds is 1. The molecule has 5 nitrogen and oxygen atoms in total. The molecule has 0 N–H and O–H groups in total. The molecule has 3 fully saturated rings. The van der Waals surface area contributed by atoms with Crippen molar-refractivity contribution in [3.63, 3.8) is 0 Å². The normalized spacial score (nSPS) is 39.7. The summed E-state index contributed by atoms with van der Waals surface area (Å²) in [5.41, 5.74) is -0.254. The predicted octanol–water partition coefficient (Wildman–Crippen LogP) is 0.777. The number of fused-ring (bicyclic) bond motifs is 1. The summed E-state index contributed by atoms with van der Waals surface area (Å²) in [5, 5.41) is 0. The highest BCUT2D eigenvalue weighted by molar-refractivity contribution is 5.91. The van der Waals surface area contributed by atoms with Crippen molar-refractivity contribution < 1.29 is 14.3 Å². The Morgan fingerprint density at radius 3 is 2.79 bits per heavy atom. The summed E-state index contributed by atoms with van der Waals surface area (Å²) in [6, 6.07) is -0.223. The third-order valence-corrected chi connectivity index (χ3v) is 5.14. The summed E-state index contributed by atoms with van der Waals surface area (Å²) >= 11 is 0. The molecular weight excluding hydrogens is 244 g/mol. The van der Waals surface area contributed by atoms with E-state index >= 15 is 0 Å². The first-order chi connectivity index (χ1) is 9.04. The van der Waals surface area contributed by atoms with Crippen LogP contribution in [0.25, 0.3) is 0 Å². The minimum atomic E-state index is -0.254. The Labute approximate surface area is 113 Å². The molecule has 106 valence electrons. The van der Waals surface area contributed by atoms with E-state index in [2.05, 4.69) is 6.92 Å². The number of amides is 2. The van der Waals surface area contributed by atoms with Crippen LogP contribution < -0.4 is 0 Å². The van der Waals surface area contributed by atoms with Crippen LogP contribution in [0.4, 0.5) is 0 Å². The number of nitrogens with zero attached hydrogens (tertiary/aromatic N) is 2. The van der Waals surface area contributed by atoms with Crippen molar-refractivity contribution in [2.45, 2.75) is 57.2 Å². The highest BCUT2D eigenvalue weighted by atomic mass is 16.5. The Morgan fingerprint density at radius 1 is 1.32 bits per heavy atom. The van der Waals surface area contributed by atoms with Crippen LogP contribution in [-0.4, -0.2) is 59.0 Å². The largest absolute Gasteiger partial charge is 0.376 e. The Hall–Kier alpha value is -1.10. The Kier molecular flexibility index (Phi) is 3.04. The van der Waals surface area contributed by atoms with Crippen molar-refractivity contribution in [3.8, 4) is 0 Å². The second-order valence-electron chi connectivity index (χ2n) is 6.11. The highest BCUT2D eigenvalue weighted by Gasteiger charge is 2.49. The molecule has 0 aromatic heterocycles. The zero-order valence-electron chi connectivity index (χ0n) is 11.7. The van der Waals surface area contributed by atoms with E-state index in [-0.39, 0.29) is 29.5 Å². The van der Waals surface area contributed by atoms with Gasteiger partial charge in [-0.05, 0) is 33.1 Å². The molecule has 0 aromatic rings. The number of carbonyl (C=O) groups excluding carboxylic acids is 2. The van der Waals surface area contributed by atoms with Gasteiger partial charge in [0.2, 0.25) is 11.8 Å². The second kappa shape index (κ2) is 4.47. The van der Waals surface area contributed by atoms with Crippen LogP contribution in [0.3, 0.4) is 0 Å². The molecule has 0 aliphatic carbocycles. The van der Waals surface area contributed by atoms with E-state index in [0.29, 0.717) is 19.6 Å². The molecule has 3 aliphatic heterocycles. The third kappa shape index (κ3) is 1.86. The molecule has 2 amide bonds. The summed E-state index contributed by atoms with van der Waals surface area (Å²) in [6.45, 7) is 6.10. The molecule has 3 atom stereocenters. The van der Waals surface area contributed by atoms with E-state index in [9.17, 15) is 9.59 Å². The van der Waals surface area contributed by atoms with E-state index in [4.69, 9.17) is 4.74 Å². The van der Waals surface area contributed by atoms with Gasteiger partial charge in [0.05, 0.1) is 11.6 Å². The van der Waals surface area contributed by atoms with Crippen LogP contribution in [0.15, 0.2) is 0 Å². The van der Waals surface area contributed by atoms with Crippen molar-refractivity contribution in [1.29, 1.82) is 0 Å². The minimum Gasteiger partial charge on any atom is -0.376 e. The Morgan fingerprint density at radius 2 is 2.11 bits per heavy atom. The van der Waals surface area contributed by atoms with Crippen LogP contribution in [-0.2, 0) is 14.3 Å². The van der Waals surface area contributed by atoms with E-state index in [1.807, 2.05) is 11.8 Å². The zero-order valence-corrected chi connectivity index (χ0v) is 11.7. The fraction of sp³-hybridized carbons (Fsp3) is 0.857. The van der Waals surface area contributed by atoms with Gasteiger partial charge in [0.15, 0.2) is 0 Å². The van der Waals surface area contributed by atoms with Gasteiger partial charge in [-0.3, -0.25) is 9.59 Å². The summed E-state index contributed by atoms with van der Waals surface area (Å²) in [4.78, 5) is 28.6. The maximum Gasteiger partial charge on any atom is 0.245 e. The highest BCUT2D eigenvalue weighted by Crippen LogP contribution is 2.35. The lowest BCUT2D eigenvalue weighted by Crippen LogP contribution is -2.56. The van der Waals surface area contributed by atoms with Crippen molar-refractivity contribution in [2.24, 2.45) is 0 Å². The van der Waals surface area contributed by atoms with Crippen molar-refractivity contribution >= 4 is 11.8 Å². The molecule has 5 heteroatoms. The van der Waals surface area contributed by atoms with Gasteiger partial charge >= 0.3 is 0 Å². The average molecular weight is 266 g/mol. The Balaban J connectivity index is 1.90. The van der Waals surface area contributed by atoms with Gasteiger partial charge in [0.25, 0.3) is 0 Å². The maximum atomic E-state index is 12.8. The summed E-state index contributed by atoms with van der Waals surface area (Å²) in [5.74, 6) is 0.261. The van der Waals surface area contributed by atoms with Gasteiger partial charge in [-0.15, -0.1) is 0 Å². The molecule has 3 heterocycles. The lowest BCUT2D eigenvalue weighted by Gasteiger charge is -2.41. The quantitative estimate of drug-likeness (QED) is 0.704. The van der Waals surface area contributed by atoms with Crippen molar-refractivity contribution in [1.82, 2.24) is 9.80 Å². The van der Waals surface area contributed by atoms with E-state index in [1.165, 1.54) is 0 Å². The molecular formula is C14H22N2O3. The van der Waals surface area contributed by atoms with Crippen molar-refractivity contribution in [2.75, 3.05) is 19.7 Å². The third-order valence-electron chi connectivity index (χ3n) is 5.14. The first-order valence-corrected chi connectivity index (χ1v) is 7.26. The zero-order chi connectivity index (χ0) is 13.6. The van der Waals surface area contributed by atoms with Crippen LogP contribution in [0.5, 0.6) is 0 Å². The maximum absolute atomic E-state index is 12.8. The smallest absolute Gasteiger partial charge is 0.245 e. The van der Waals surface area contributed by atoms with Crippen LogP contribution in [0.2, 0.25) is 0 Å². The molecule has 3 unspecified atom stereocenters. The first kappa shape index (κ1) is 12.9. The van der Waals surface area contributed by atoms with Gasteiger partial charge in [-0.25, -0.2) is 0 Å². The molecule has 3 saturated heterocycles. The lowest BCUT2D eigenvalue weighted by molar-refractivity contribution is -0.144. The number of hydrogen-bond acceptors (Lipinski definition) is 3. The fourth-order valence-corrected chi connectivity index (χ4v) is 3.65. The predicted molar refractivity (Wildman–Crippen MR) is 69.5 cm³/mol. The van der Waals surface area contributed by atoms with E-state index in [0.717, 1.165) is 25.8 Å². The van der Waals surface area contributed by atoms with Gasteiger partial charge in [-0.1, -0.05) is 0 Å². The van der Waals surface area contributed by atoms with Gasteiger partial charge in [-0.2, -0.15) is 0 Å². The van der Waals surface area contributed by atoms with E-state index in [1.54, 1.807) is 4.90 Å². The molecule has 3 aliphatic rings. The second-order valence-corrected chi connectivity index (χ2v) is 6.11. The molecule has 0 bridgehead atoms. The molecule has 0 radical (unpaired) electrons. The van der Waals surface area contributed by atoms with Gasteiger partial charge in [0.1, 0.15) is 6.04 Å². The van der Waals surface area contributed by atoms with Gasteiger partial charge in [0, 0.05) is 26.1 Å². The summed E-state index contributed by atoms with van der Waals surface area (Å²) < 4.78 is 5.66. The fourth-order valence-electron chi connectivity index (χ4n) is 3.65. The topological polar surface area (TPSA) is 49.9 Å². The van der Waals surface area contributed by atoms with Crippen LogP contribution in [0, 0.1) is 0 Å². The molecule has 19 heavy (non-hydrogen) atoms. The number of hydrogen-bond donors (Lipinski definition) is 0. The Bertz CT molecular complexity index is 411. The van der Waals surface area contributed by atoms with Crippen molar-refractivity contribution in [3.05, 3.63) is 0 Å². The standard InChI is InChI=1S/C14H22N2O3/c1-10-14(2,6-9-19-10)16-8-5-12(17)15-7-3-4-11(15)13(16)18/h10-11H,3-9H2,1-2H3. The molecule has 0 aromatic carbocycles.